The number of thioether (sulfide) groups is 1. The maximum absolute atomic E-state index is 13.0. The summed E-state index contributed by atoms with van der Waals surface area (Å²) in [6.07, 6.45) is 4.13. The van der Waals surface area contributed by atoms with Crippen molar-refractivity contribution in [3.63, 3.8) is 0 Å². The van der Waals surface area contributed by atoms with Crippen molar-refractivity contribution >= 4 is 23.3 Å². The number of nitrogens with zero attached hydrogens (tertiary/aromatic N) is 2. The number of rotatable bonds is 5. The van der Waals surface area contributed by atoms with E-state index in [1.807, 2.05) is 13.0 Å². The quantitative estimate of drug-likeness (QED) is 0.615. The standard InChI is InChI=1S/C21H23N3O2S/c1-11-18(13(3)25)12(2)23-19(11)20(26)14(4)27-21-16(10-22)9-15-7-5-6-8-17(15)24-21/h9,14,23H,5-8H2,1-4H3. The molecule has 0 fully saturated rings. The number of hydrogen-bond acceptors (Lipinski definition) is 5. The zero-order valence-corrected chi connectivity index (χ0v) is 16.9. The normalized spacial score (nSPS) is 14.3. The van der Waals surface area contributed by atoms with Crippen LogP contribution in [-0.2, 0) is 12.8 Å². The van der Waals surface area contributed by atoms with Crippen molar-refractivity contribution < 1.29 is 9.59 Å². The summed E-state index contributed by atoms with van der Waals surface area (Å²) in [4.78, 5) is 32.6. The molecule has 0 saturated heterocycles. The summed E-state index contributed by atoms with van der Waals surface area (Å²) in [6.45, 7) is 6.92. The molecule has 0 radical (unpaired) electrons. The van der Waals surface area contributed by atoms with Gasteiger partial charge in [0.2, 0.25) is 0 Å². The molecule has 1 N–H and O–H groups in total. The number of aromatic amines is 1. The van der Waals surface area contributed by atoms with Gasteiger partial charge in [0.1, 0.15) is 11.1 Å². The zero-order chi connectivity index (χ0) is 19.7. The lowest BCUT2D eigenvalue weighted by Gasteiger charge is -2.17. The minimum absolute atomic E-state index is 0.0521. The molecule has 140 valence electrons. The predicted octanol–water partition coefficient (Wildman–Crippen LogP) is 4.34. The van der Waals surface area contributed by atoms with Crippen molar-refractivity contribution in [3.8, 4) is 6.07 Å². The fraction of sp³-hybridized carbons (Fsp3) is 0.429. The van der Waals surface area contributed by atoms with Crippen LogP contribution in [0, 0.1) is 25.2 Å². The molecule has 1 atom stereocenters. The molecule has 0 spiro atoms. The Morgan fingerprint density at radius 1 is 1.30 bits per heavy atom. The van der Waals surface area contributed by atoms with Crippen molar-refractivity contribution in [3.05, 3.63) is 45.4 Å². The first-order valence-corrected chi connectivity index (χ1v) is 10.0. The van der Waals surface area contributed by atoms with E-state index in [2.05, 4.69) is 11.1 Å². The van der Waals surface area contributed by atoms with Gasteiger partial charge in [0.25, 0.3) is 0 Å². The summed E-state index contributed by atoms with van der Waals surface area (Å²) < 4.78 is 0. The molecule has 1 unspecified atom stereocenters. The number of pyridine rings is 1. The second-order valence-corrected chi connectivity index (χ2v) is 8.40. The minimum atomic E-state index is -0.414. The molecule has 0 saturated carbocycles. The van der Waals surface area contributed by atoms with Crippen LogP contribution in [0.2, 0.25) is 0 Å². The first-order valence-electron chi connectivity index (χ1n) is 9.17. The Hall–Kier alpha value is -2.39. The Bertz CT molecular complexity index is 969. The lowest BCUT2D eigenvalue weighted by Crippen LogP contribution is -2.16. The van der Waals surface area contributed by atoms with Crippen molar-refractivity contribution in [2.24, 2.45) is 0 Å². The first-order chi connectivity index (χ1) is 12.8. The molecule has 1 aliphatic rings. The zero-order valence-electron chi connectivity index (χ0n) is 16.1. The van der Waals surface area contributed by atoms with Crippen LogP contribution < -0.4 is 0 Å². The Morgan fingerprint density at radius 3 is 2.63 bits per heavy atom. The molecular formula is C21H23N3O2S. The van der Waals surface area contributed by atoms with E-state index in [0.29, 0.717) is 33.1 Å². The molecule has 3 rings (SSSR count). The molecule has 0 bridgehead atoms. The monoisotopic (exact) mass is 381 g/mol. The van der Waals surface area contributed by atoms with Gasteiger partial charge < -0.3 is 4.98 Å². The Morgan fingerprint density at radius 2 is 2.00 bits per heavy atom. The number of nitriles is 1. The number of H-pyrrole nitrogens is 1. The fourth-order valence-electron chi connectivity index (χ4n) is 3.73. The minimum Gasteiger partial charge on any atom is -0.355 e. The van der Waals surface area contributed by atoms with Gasteiger partial charge >= 0.3 is 0 Å². The average Bonchev–Trinajstić information content (AvgIpc) is 2.94. The van der Waals surface area contributed by atoms with E-state index < -0.39 is 5.25 Å². The molecule has 0 aromatic carbocycles. The van der Waals surface area contributed by atoms with Crippen LogP contribution in [0.15, 0.2) is 11.1 Å². The number of fused-ring (bicyclic) bond motifs is 1. The number of hydrogen-bond donors (Lipinski definition) is 1. The Kier molecular flexibility index (Phi) is 5.52. The molecular weight excluding hydrogens is 358 g/mol. The summed E-state index contributed by atoms with van der Waals surface area (Å²) in [5, 5.41) is 9.70. The van der Waals surface area contributed by atoms with Gasteiger partial charge in [-0.2, -0.15) is 5.26 Å². The highest BCUT2D eigenvalue weighted by atomic mass is 32.2. The van der Waals surface area contributed by atoms with Crippen LogP contribution >= 0.6 is 11.8 Å². The SMILES string of the molecule is CC(=O)c1c(C)[nH]c(C(=O)C(C)Sc2nc3c(cc2C#N)CCCC3)c1C. The first kappa shape index (κ1) is 19.4. The Labute approximate surface area is 163 Å². The summed E-state index contributed by atoms with van der Waals surface area (Å²) in [7, 11) is 0. The fourth-order valence-corrected chi connectivity index (χ4v) is 4.69. The van der Waals surface area contributed by atoms with Gasteiger partial charge in [-0.1, -0.05) is 11.8 Å². The summed E-state index contributed by atoms with van der Waals surface area (Å²) in [6, 6.07) is 4.15. The van der Waals surface area contributed by atoms with Gasteiger partial charge in [-0.3, -0.25) is 9.59 Å². The second kappa shape index (κ2) is 7.69. The van der Waals surface area contributed by atoms with E-state index in [4.69, 9.17) is 4.98 Å². The number of aryl methyl sites for hydroxylation is 3. The van der Waals surface area contributed by atoms with Crippen LogP contribution in [0.4, 0.5) is 0 Å². The van der Waals surface area contributed by atoms with E-state index in [0.717, 1.165) is 36.9 Å². The van der Waals surface area contributed by atoms with Crippen LogP contribution in [0.1, 0.15) is 75.6 Å². The molecule has 1 aliphatic carbocycles. The number of ketones is 2. The van der Waals surface area contributed by atoms with Gasteiger partial charge in [0.05, 0.1) is 16.5 Å². The number of nitrogens with one attached hydrogen (secondary N) is 1. The van der Waals surface area contributed by atoms with Crippen LogP contribution in [0.25, 0.3) is 0 Å². The third-order valence-electron chi connectivity index (χ3n) is 5.08. The average molecular weight is 382 g/mol. The van der Waals surface area contributed by atoms with Gasteiger partial charge in [-0.15, -0.1) is 0 Å². The molecule has 5 nitrogen and oxygen atoms in total. The molecule has 6 heteroatoms. The molecule has 2 aromatic rings. The van der Waals surface area contributed by atoms with Crippen molar-refractivity contribution in [1.29, 1.82) is 5.26 Å². The summed E-state index contributed by atoms with van der Waals surface area (Å²) in [5.41, 5.74) is 5.19. The van der Waals surface area contributed by atoms with E-state index in [-0.39, 0.29) is 11.6 Å². The van der Waals surface area contributed by atoms with Gasteiger partial charge in [0, 0.05) is 17.0 Å². The lowest BCUT2D eigenvalue weighted by atomic mass is 9.95. The molecule has 2 aromatic heterocycles. The topological polar surface area (TPSA) is 86.6 Å². The van der Waals surface area contributed by atoms with Gasteiger partial charge in [-0.05, 0) is 70.6 Å². The van der Waals surface area contributed by atoms with E-state index >= 15 is 0 Å². The van der Waals surface area contributed by atoms with E-state index in [1.165, 1.54) is 18.7 Å². The van der Waals surface area contributed by atoms with E-state index in [1.54, 1.807) is 13.8 Å². The highest BCUT2D eigenvalue weighted by Gasteiger charge is 2.26. The van der Waals surface area contributed by atoms with Crippen molar-refractivity contribution in [2.45, 2.75) is 63.7 Å². The van der Waals surface area contributed by atoms with Crippen LogP contribution in [0.3, 0.4) is 0 Å². The summed E-state index contributed by atoms with van der Waals surface area (Å²) >= 11 is 1.31. The van der Waals surface area contributed by atoms with Crippen molar-refractivity contribution in [2.75, 3.05) is 0 Å². The maximum Gasteiger partial charge on any atom is 0.192 e. The number of Topliss-reactive ketones (excluding diaryl/α,β-unsaturated/α-hetero) is 2. The molecule has 0 amide bonds. The maximum atomic E-state index is 13.0. The number of carbonyl (C=O) groups excluding carboxylic acids is 2. The third-order valence-corrected chi connectivity index (χ3v) is 6.18. The predicted molar refractivity (Wildman–Crippen MR) is 106 cm³/mol. The molecule has 2 heterocycles. The van der Waals surface area contributed by atoms with Crippen LogP contribution in [-0.4, -0.2) is 26.8 Å². The van der Waals surface area contributed by atoms with Gasteiger partial charge in [-0.25, -0.2) is 4.98 Å². The smallest absolute Gasteiger partial charge is 0.192 e. The molecule has 27 heavy (non-hydrogen) atoms. The van der Waals surface area contributed by atoms with E-state index in [9.17, 15) is 14.9 Å². The highest BCUT2D eigenvalue weighted by molar-refractivity contribution is 8.00. The largest absolute Gasteiger partial charge is 0.355 e. The number of aromatic nitrogens is 2. The third kappa shape index (κ3) is 3.70. The number of carbonyl (C=O) groups is 2. The highest BCUT2D eigenvalue weighted by Crippen LogP contribution is 2.31. The van der Waals surface area contributed by atoms with Crippen molar-refractivity contribution in [1.82, 2.24) is 9.97 Å². The van der Waals surface area contributed by atoms with Gasteiger partial charge in [0.15, 0.2) is 11.6 Å². The second-order valence-electron chi connectivity index (χ2n) is 7.07. The Balaban J connectivity index is 1.89. The lowest BCUT2D eigenvalue weighted by molar-refractivity contribution is 0.0988. The summed E-state index contributed by atoms with van der Waals surface area (Å²) in [5.74, 6) is -0.139. The van der Waals surface area contributed by atoms with Crippen LogP contribution in [0.5, 0.6) is 0 Å². The molecule has 0 aliphatic heterocycles.